The molecule has 5 atom stereocenters. The van der Waals surface area contributed by atoms with Crippen LogP contribution in [0.2, 0.25) is 0 Å². The maximum absolute atomic E-state index is 13.1. The highest BCUT2D eigenvalue weighted by atomic mass is 31.2. The van der Waals surface area contributed by atoms with Gasteiger partial charge in [-0.25, -0.2) is 9.13 Å². The molecule has 0 amide bonds. The summed E-state index contributed by atoms with van der Waals surface area (Å²) in [6.07, 6.45) is 81.3. The second-order valence-corrected chi connectivity index (χ2v) is 27.7. The van der Waals surface area contributed by atoms with Crippen molar-refractivity contribution in [1.29, 1.82) is 0 Å². The number of carbonyl (C=O) groups is 4. The molecule has 0 rings (SSSR count). The van der Waals surface area contributed by atoms with E-state index in [-0.39, 0.29) is 25.7 Å². The molecule has 0 fully saturated rings. The van der Waals surface area contributed by atoms with Crippen molar-refractivity contribution in [3.63, 3.8) is 0 Å². The van der Waals surface area contributed by atoms with Gasteiger partial charge in [0.25, 0.3) is 0 Å². The lowest BCUT2D eigenvalue weighted by Crippen LogP contribution is -2.30. The minimum Gasteiger partial charge on any atom is -0.462 e. The van der Waals surface area contributed by atoms with Crippen molar-refractivity contribution in [2.45, 2.75) is 303 Å². The molecule has 570 valence electrons. The average molecular weight is 1440 g/mol. The lowest BCUT2D eigenvalue weighted by molar-refractivity contribution is -0.161. The van der Waals surface area contributed by atoms with Gasteiger partial charge in [-0.15, -0.1) is 0 Å². The number of unbranched alkanes of at least 4 members (excludes halogenated alkanes) is 20. The molecular formula is C81H134O17P2. The predicted octanol–water partition coefficient (Wildman–Crippen LogP) is 21.9. The number of allylic oxidation sites excluding steroid dienone is 24. The van der Waals surface area contributed by atoms with E-state index in [1.807, 2.05) is 0 Å². The third-order valence-electron chi connectivity index (χ3n) is 15.3. The summed E-state index contributed by atoms with van der Waals surface area (Å²) >= 11 is 0. The molecule has 0 saturated carbocycles. The van der Waals surface area contributed by atoms with E-state index in [9.17, 15) is 43.2 Å². The van der Waals surface area contributed by atoms with Crippen molar-refractivity contribution in [2.24, 2.45) is 0 Å². The summed E-state index contributed by atoms with van der Waals surface area (Å²) in [6.45, 7) is 4.40. The number of hydrogen-bond donors (Lipinski definition) is 3. The standard InChI is InChI=1S/C81H134O17P2/c1-5-9-13-17-21-25-29-33-36-37-40-43-46-50-54-58-62-66-79(84)92-71-76(97-80(85)67-63-59-55-51-47-41-32-28-24-20-16-12-8-4)73-95-99(87,88)93-69-75(82)70-94-100(89,90)96-74-77(98-81(86)68-64-60-56-52-48-44-39-35-31-27-23-19-15-11-7-3)72-91-78(83)65-61-57-53-49-45-42-38-34-30-26-22-18-14-10-6-2/h9-11,13-15,21-23,25-28,32-36,38-40,43,45,49,75-77,82H,5-8,12,16-20,24,29-31,37,41-42,44,46-48,50-74H2,1-4H3,(H,87,88)(H,89,90)/b13-9-,14-10-,15-11-,25-21-,26-22-,27-23-,32-28-,36-33-,38-34-,39-35-,43-40-,49-45-. The summed E-state index contributed by atoms with van der Waals surface area (Å²) in [5.74, 6) is -2.29. The Balaban J connectivity index is 5.43. The third-order valence-corrected chi connectivity index (χ3v) is 17.2. The molecule has 17 nitrogen and oxygen atoms in total. The number of aliphatic hydroxyl groups is 1. The van der Waals surface area contributed by atoms with Crippen LogP contribution in [0, 0.1) is 0 Å². The average Bonchev–Trinajstić information content (AvgIpc) is 0.965. The number of hydrogen-bond acceptors (Lipinski definition) is 15. The lowest BCUT2D eigenvalue weighted by Gasteiger charge is -2.21. The highest BCUT2D eigenvalue weighted by molar-refractivity contribution is 7.47. The lowest BCUT2D eigenvalue weighted by atomic mass is 10.1. The van der Waals surface area contributed by atoms with Crippen LogP contribution in [-0.2, 0) is 65.4 Å². The summed E-state index contributed by atoms with van der Waals surface area (Å²) in [6, 6.07) is 0. The first-order valence-corrected chi connectivity index (χ1v) is 41.1. The SMILES string of the molecule is CC/C=C\C/C=C\C/C=C\C/C=C\CCCCCCC(=O)OCC(COP(=O)(O)OCC(O)COP(=O)(O)OCC(COC(=O)CCCC/C=C\C/C=C\C/C=C\C/C=C\CC)OC(=O)CCCCCCC/C=C\C/C=C\C/C=C\CC)OC(=O)CCCCCCC/C=C\CCCCCC. The highest BCUT2D eigenvalue weighted by Gasteiger charge is 2.30. The van der Waals surface area contributed by atoms with Gasteiger partial charge in [0, 0.05) is 25.7 Å². The highest BCUT2D eigenvalue weighted by Crippen LogP contribution is 2.45. The molecule has 100 heavy (non-hydrogen) atoms. The molecule has 0 aromatic heterocycles. The van der Waals surface area contributed by atoms with Crippen molar-refractivity contribution < 1.29 is 80.2 Å². The Bertz CT molecular complexity index is 2470. The summed E-state index contributed by atoms with van der Waals surface area (Å²) in [4.78, 5) is 72.9. The molecule has 3 N–H and O–H groups in total. The van der Waals surface area contributed by atoms with E-state index in [2.05, 4.69) is 174 Å². The monoisotopic (exact) mass is 1440 g/mol. The van der Waals surface area contributed by atoms with E-state index in [0.717, 1.165) is 180 Å². The zero-order valence-corrected chi connectivity index (χ0v) is 63.9. The van der Waals surface area contributed by atoms with Crippen molar-refractivity contribution in [2.75, 3.05) is 39.6 Å². The van der Waals surface area contributed by atoms with Gasteiger partial charge in [0.1, 0.15) is 19.3 Å². The second kappa shape index (κ2) is 72.3. The van der Waals surface area contributed by atoms with Crippen molar-refractivity contribution >= 4 is 39.5 Å². The number of esters is 4. The van der Waals surface area contributed by atoms with E-state index in [0.29, 0.717) is 25.7 Å². The molecule has 0 saturated heterocycles. The van der Waals surface area contributed by atoms with Crippen LogP contribution < -0.4 is 0 Å². The smallest absolute Gasteiger partial charge is 0.462 e. The van der Waals surface area contributed by atoms with Gasteiger partial charge in [0.05, 0.1) is 26.4 Å². The van der Waals surface area contributed by atoms with Gasteiger partial charge in [0.2, 0.25) is 0 Å². The number of rotatable bonds is 70. The van der Waals surface area contributed by atoms with Gasteiger partial charge < -0.3 is 33.8 Å². The van der Waals surface area contributed by atoms with Gasteiger partial charge in [-0.1, -0.05) is 244 Å². The van der Waals surface area contributed by atoms with E-state index in [4.69, 9.17) is 37.0 Å². The molecule has 0 aromatic carbocycles. The van der Waals surface area contributed by atoms with Crippen molar-refractivity contribution in [3.05, 3.63) is 146 Å². The zero-order chi connectivity index (χ0) is 73.2. The molecule has 0 aliphatic heterocycles. The van der Waals surface area contributed by atoms with E-state index >= 15 is 0 Å². The quantitative estimate of drug-likeness (QED) is 0.0169. The Kier molecular flexibility index (Phi) is 68.6. The molecule has 0 bridgehead atoms. The Hall–Kier alpha value is -5.06. The van der Waals surface area contributed by atoms with Gasteiger partial charge in [-0.2, -0.15) is 0 Å². The van der Waals surface area contributed by atoms with Gasteiger partial charge in [-0.3, -0.25) is 37.3 Å². The molecule has 0 radical (unpaired) electrons. The second-order valence-electron chi connectivity index (χ2n) is 24.8. The molecule has 0 aliphatic rings. The number of ether oxygens (including phenoxy) is 4. The summed E-state index contributed by atoms with van der Waals surface area (Å²) in [5, 5.41) is 10.6. The summed E-state index contributed by atoms with van der Waals surface area (Å²) in [7, 11) is -9.98. The van der Waals surface area contributed by atoms with E-state index < -0.39 is 97.5 Å². The van der Waals surface area contributed by atoms with Crippen LogP contribution in [0.4, 0.5) is 0 Å². The first-order chi connectivity index (χ1) is 48.7. The minimum absolute atomic E-state index is 0.0615. The van der Waals surface area contributed by atoms with Crippen LogP contribution in [0.5, 0.6) is 0 Å². The fourth-order valence-corrected chi connectivity index (χ4v) is 11.1. The van der Waals surface area contributed by atoms with Gasteiger partial charge in [-0.05, 0) is 161 Å². The molecule has 0 aliphatic carbocycles. The summed E-state index contributed by atoms with van der Waals surface area (Å²) < 4.78 is 68.4. The van der Waals surface area contributed by atoms with Gasteiger partial charge >= 0.3 is 39.5 Å². The number of aliphatic hydroxyl groups excluding tert-OH is 1. The van der Waals surface area contributed by atoms with Crippen molar-refractivity contribution in [1.82, 2.24) is 0 Å². The summed E-state index contributed by atoms with van der Waals surface area (Å²) in [5.41, 5.74) is 0. The third kappa shape index (κ3) is 71.3. The number of carbonyl (C=O) groups excluding carboxylic acids is 4. The van der Waals surface area contributed by atoms with Crippen LogP contribution >= 0.6 is 15.6 Å². The topological polar surface area (TPSA) is 237 Å². The number of phosphoric ester groups is 2. The zero-order valence-electron chi connectivity index (χ0n) is 62.1. The largest absolute Gasteiger partial charge is 0.472 e. The number of phosphoric acid groups is 2. The van der Waals surface area contributed by atoms with Crippen LogP contribution in [0.1, 0.15) is 285 Å². The Labute approximate surface area is 605 Å². The van der Waals surface area contributed by atoms with Gasteiger partial charge in [0.15, 0.2) is 12.2 Å². The Morgan fingerprint density at radius 3 is 0.830 bits per heavy atom. The van der Waals surface area contributed by atoms with E-state index in [1.54, 1.807) is 0 Å². The molecular weight excluding hydrogens is 1310 g/mol. The first-order valence-electron chi connectivity index (χ1n) is 38.1. The maximum atomic E-state index is 13.1. The normalized spacial score (nSPS) is 14.8. The van der Waals surface area contributed by atoms with Crippen LogP contribution in [0.3, 0.4) is 0 Å². The Morgan fingerprint density at radius 1 is 0.290 bits per heavy atom. The van der Waals surface area contributed by atoms with Crippen LogP contribution in [0.15, 0.2) is 146 Å². The first kappa shape index (κ1) is 94.9. The van der Waals surface area contributed by atoms with Crippen LogP contribution in [-0.4, -0.2) is 96.7 Å². The van der Waals surface area contributed by atoms with E-state index in [1.165, 1.54) is 25.7 Å². The molecule has 0 aromatic rings. The predicted molar refractivity (Wildman–Crippen MR) is 408 cm³/mol. The molecule has 0 spiro atoms. The fraction of sp³-hybridized carbons (Fsp3) is 0.654. The van der Waals surface area contributed by atoms with Crippen molar-refractivity contribution in [3.8, 4) is 0 Å². The molecule has 19 heteroatoms. The molecule has 5 unspecified atom stereocenters. The Morgan fingerprint density at radius 2 is 0.520 bits per heavy atom. The fourth-order valence-electron chi connectivity index (χ4n) is 9.56. The van der Waals surface area contributed by atoms with Crippen LogP contribution in [0.25, 0.3) is 0 Å². The maximum Gasteiger partial charge on any atom is 0.472 e. The minimum atomic E-state index is -4.99. The molecule has 0 heterocycles.